The summed E-state index contributed by atoms with van der Waals surface area (Å²) in [6.07, 6.45) is 3.41. The van der Waals surface area contributed by atoms with Crippen molar-refractivity contribution in [3.63, 3.8) is 0 Å². The maximum absolute atomic E-state index is 9.92. The van der Waals surface area contributed by atoms with Crippen LogP contribution in [0.4, 0.5) is 11.5 Å². The third-order valence-electron chi connectivity index (χ3n) is 5.26. The number of benzene rings is 3. The van der Waals surface area contributed by atoms with E-state index in [4.69, 9.17) is 14.7 Å². The first kappa shape index (κ1) is 20.3. The predicted molar refractivity (Wildman–Crippen MR) is 128 cm³/mol. The van der Waals surface area contributed by atoms with Crippen LogP contribution in [0.1, 0.15) is 0 Å². The highest BCUT2D eigenvalue weighted by atomic mass is 16.5. The van der Waals surface area contributed by atoms with Crippen molar-refractivity contribution in [1.29, 1.82) is 0 Å². The average Bonchev–Trinajstić information content (AvgIpc) is 2.86. The van der Waals surface area contributed by atoms with E-state index in [1.807, 2.05) is 54.6 Å². The van der Waals surface area contributed by atoms with Gasteiger partial charge in [0.2, 0.25) is 0 Å². The van der Waals surface area contributed by atoms with Gasteiger partial charge in [-0.05, 0) is 59.7 Å². The Hall–Kier alpha value is -4.65. The van der Waals surface area contributed by atoms with Gasteiger partial charge in [0.05, 0.1) is 12.6 Å². The van der Waals surface area contributed by atoms with Crippen molar-refractivity contribution in [3.8, 4) is 39.8 Å². The number of anilines is 2. The van der Waals surface area contributed by atoms with Crippen LogP contribution in [0.2, 0.25) is 0 Å². The monoisotopic (exact) mass is 436 g/mol. The molecule has 0 radical (unpaired) electrons. The van der Waals surface area contributed by atoms with Gasteiger partial charge in [-0.2, -0.15) is 0 Å². The Labute approximate surface area is 190 Å². The number of ether oxygens (including phenoxy) is 1. The first-order valence-electron chi connectivity index (χ1n) is 10.3. The van der Waals surface area contributed by atoms with E-state index >= 15 is 0 Å². The predicted octanol–water partition coefficient (Wildman–Crippen LogP) is 5.52. The molecule has 0 saturated heterocycles. The number of fused-ring (bicyclic) bond motifs is 1. The molecule has 0 atom stereocenters. The summed E-state index contributed by atoms with van der Waals surface area (Å²) in [7, 11) is 1.64. The normalized spacial score (nSPS) is 10.8. The molecule has 5 rings (SSSR count). The van der Waals surface area contributed by atoms with Gasteiger partial charge in [-0.1, -0.05) is 18.2 Å². The second kappa shape index (κ2) is 8.47. The van der Waals surface area contributed by atoms with Crippen LogP contribution in [0.5, 0.6) is 17.2 Å². The maximum atomic E-state index is 9.92. The molecule has 0 amide bonds. The molecule has 162 valence electrons. The Morgan fingerprint density at radius 3 is 2.42 bits per heavy atom. The van der Waals surface area contributed by atoms with Crippen molar-refractivity contribution in [2.24, 2.45) is 0 Å². The number of hydrogen-bond acceptors (Lipinski definition) is 7. The third kappa shape index (κ3) is 4.12. The Morgan fingerprint density at radius 1 is 0.788 bits per heavy atom. The van der Waals surface area contributed by atoms with E-state index in [2.05, 4.69) is 10.3 Å². The molecule has 0 aliphatic carbocycles. The number of rotatable bonds is 5. The van der Waals surface area contributed by atoms with Crippen molar-refractivity contribution < 1.29 is 14.9 Å². The minimum absolute atomic E-state index is 0.190. The van der Waals surface area contributed by atoms with E-state index < -0.39 is 0 Å². The van der Waals surface area contributed by atoms with Crippen molar-refractivity contribution >= 4 is 22.4 Å². The lowest BCUT2D eigenvalue weighted by Crippen LogP contribution is -2.00. The summed E-state index contributed by atoms with van der Waals surface area (Å²) in [6, 6.07) is 22.1. The lowest BCUT2D eigenvalue weighted by molar-refractivity contribution is 0.404. The Kier molecular flexibility index (Phi) is 5.20. The molecule has 0 spiro atoms. The molecule has 0 fully saturated rings. The first-order valence-corrected chi connectivity index (χ1v) is 10.3. The molecule has 0 bridgehead atoms. The van der Waals surface area contributed by atoms with Gasteiger partial charge in [0.15, 0.2) is 17.3 Å². The number of phenols is 2. The van der Waals surface area contributed by atoms with E-state index in [-0.39, 0.29) is 11.5 Å². The average molecular weight is 436 g/mol. The van der Waals surface area contributed by atoms with Gasteiger partial charge in [0.1, 0.15) is 11.6 Å². The Bertz CT molecular complexity index is 1460. The fourth-order valence-corrected chi connectivity index (χ4v) is 3.57. The molecule has 7 heteroatoms. The highest BCUT2D eigenvalue weighted by Gasteiger charge is 2.13. The summed E-state index contributed by atoms with van der Waals surface area (Å²) in [5.41, 5.74) is 4.10. The molecule has 5 aromatic rings. The molecule has 0 unspecified atom stereocenters. The van der Waals surface area contributed by atoms with Crippen molar-refractivity contribution in [2.45, 2.75) is 0 Å². The summed E-state index contributed by atoms with van der Waals surface area (Å²) in [6.45, 7) is 0. The first-order chi connectivity index (χ1) is 16.1. The minimum Gasteiger partial charge on any atom is -0.504 e. The number of phenolic OH excluding ortho intramolecular Hbond substituents is 2. The zero-order valence-corrected chi connectivity index (χ0v) is 17.7. The summed E-state index contributed by atoms with van der Waals surface area (Å²) < 4.78 is 5.37. The van der Waals surface area contributed by atoms with Crippen LogP contribution in [-0.2, 0) is 0 Å². The maximum Gasteiger partial charge on any atom is 0.163 e. The molecule has 0 aliphatic rings. The van der Waals surface area contributed by atoms with Gasteiger partial charge in [-0.25, -0.2) is 9.97 Å². The topological polar surface area (TPSA) is 100 Å². The van der Waals surface area contributed by atoms with E-state index in [0.717, 1.165) is 33.3 Å². The summed E-state index contributed by atoms with van der Waals surface area (Å²) in [5, 5.41) is 23.6. The van der Waals surface area contributed by atoms with Crippen LogP contribution in [0.25, 0.3) is 33.4 Å². The number of nitrogens with one attached hydrogen (secondary N) is 1. The molecule has 2 heterocycles. The molecule has 3 N–H and O–H groups in total. The lowest BCUT2D eigenvalue weighted by atomic mass is 10.0. The fraction of sp³-hybridized carbons (Fsp3) is 0.0385. The molecular weight excluding hydrogens is 416 g/mol. The Morgan fingerprint density at radius 2 is 1.64 bits per heavy atom. The molecular formula is C26H20N4O3. The summed E-state index contributed by atoms with van der Waals surface area (Å²) >= 11 is 0. The zero-order valence-electron chi connectivity index (χ0n) is 17.7. The minimum atomic E-state index is -0.220. The van der Waals surface area contributed by atoms with Gasteiger partial charge >= 0.3 is 0 Å². The van der Waals surface area contributed by atoms with Crippen LogP contribution in [0.3, 0.4) is 0 Å². The number of pyridine rings is 1. The SMILES string of the molecule is COc1cccc(-c2ccc3nc(-c4cccnc4)nc(Nc4ccc(O)c(O)c4)c3c2)c1. The molecule has 2 aromatic heterocycles. The highest BCUT2D eigenvalue weighted by Crippen LogP contribution is 2.34. The quantitative estimate of drug-likeness (QED) is 0.246. The molecule has 7 nitrogen and oxygen atoms in total. The lowest BCUT2D eigenvalue weighted by Gasteiger charge is -2.13. The third-order valence-corrected chi connectivity index (χ3v) is 5.26. The molecule has 0 saturated carbocycles. The number of methoxy groups -OCH3 is 1. The summed E-state index contributed by atoms with van der Waals surface area (Å²) in [4.78, 5) is 13.7. The number of aromatic hydroxyl groups is 2. The van der Waals surface area contributed by atoms with Crippen LogP contribution >= 0.6 is 0 Å². The summed E-state index contributed by atoms with van der Waals surface area (Å²) in [5.74, 6) is 1.45. The van der Waals surface area contributed by atoms with Crippen molar-refractivity contribution in [2.75, 3.05) is 12.4 Å². The largest absolute Gasteiger partial charge is 0.504 e. The standard InChI is InChI=1S/C26H20N4O3/c1-33-20-6-2-4-16(12-20)17-7-9-22-21(13-17)26(28-19-8-10-23(31)24(32)14-19)30-25(29-22)18-5-3-11-27-15-18/h2-15,31-32H,1H3,(H,28,29,30). The van der Waals surface area contributed by atoms with Crippen LogP contribution < -0.4 is 10.1 Å². The van der Waals surface area contributed by atoms with Gasteiger partial charge in [-0.3, -0.25) is 4.98 Å². The van der Waals surface area contributed by atoms with Gasteiger partial charge in [0, 0.05) is 35.1 Å². The van der Waals surface area contributed by atoms with Crippen LogP contribution in [0, 0.1) is 0 Å². The van der Waals surface area contributed by atoms with E-state index in [9.17, 15) is 10.2 Å². The van der Waals surface area contributed by atoms with Gasteiger partial charge in [-0.15, -0.1) is 0 Å². The van der Waals surface area contributed by atoms with E-state index in [1.54, 1.807) is 25.6 Å². The van der Waals surface area contributed by atoms with Crippen molar-refractivity contribution in [1.82, 2.24) is 15.0 Å². The van der Waals surface area contributed by atoms with Crippen LogP contribution in [0.15, 0.2) is 85.2 Å². The van der Waals surface area contributed by atoms with Crippen LogP contribution in [-0.4, -0.2) is 32.3 Å². The highest BCUT2D eigenvalue weighted by molar-refractivity contribution is 5.95. The molecule has 3 aromatic carbocycles. The van der Waals surface area contributed by atoms with E-state index in [0.29, 0.717) is 17.3 Å². The van der Waals surface area contributed by atoms with Gasteiger partial charge in [0.25, 0.3) is 0 Å². The van der Waals surface area contributed by atoms with Crippen molar-refractivity contribution in [3.05, 3.63) is 85.2 Å². The zero-order chi connectivity index (χ0) is 22.8. The number of hydrogen-bond donors (Lipinski definition) is 3. The van der Waals surface area contributed by atoms with E-state index in [1.165, 1.54) is 12.1 Å². The number of aromatic nitrogens is 3. The second-order valence-electron chi connectivity index (χ2n) is 7.43. The smallest absolute Gasteiger partial charge is 0.163 e. The number of nitrogens with zero attached hydrogens (tertiary/aromatic N) is 3. The molecule has 0 aliphatic heterocycles. The molecule has 33 heavy (non-hydrogen) atoms. The fourth-order valence-electron chi connectivity index (χ4n) is 3.57. The second-order valence-corrected chi connectivity index (χ2v) is 7.43. The van der Waals surface area contributed by atoms with Gasteiger partial charge < -0.3 is 20.3 Å². The Balaban J connectivity index is 1.67.